The van der Waals surface area contributed by atoms with Crippen molar-refractivity contribution in [3.05, 3.63) is 71.1 Å². The van der Waals surface area contributed by atoms with Gasteiger partial charge in [-0.1, -0.05) is 23.7 Å². The summed E-state index contributed by atoms with van der Waals surface area (Å²) in [4.78, 5) is 16.8. The second-order valence-corrected chi connectivity index (χ2v) is 6.99. The van der Waals surface area contributed by atoms with Crippen molar-refractivity contribution < 1.29 is 14.3 Å². The molecule has 28 heavy (non-hydrogen) atoms. The minimum Gasteiger partial charge on any atom is -0.497 e. The van der Waals surface area contributed by atoms with Crippen molar-refractivity contribution in [1.82, 2.24) is 14.9 Å². The maximum atomic E-state index is 12.4. The summed E-state index contributed by atoms with van der Waals surface area (Å²) in [6, 6.07) is 14.7. The van der Waals surface area contributed by atoms with Crippen molar-refractivity contribution >= 4 is 17.5 Å². The lowest BCUT2D eigenvalue weighted by molar-refractivity contribution is 0.00374. The van der Waals surface area contributed by atoms with Crippen LogP contribution < -0.4 is 10.1 Å². The number of methoxy groups -OCH3 is 1. The van der Waals surface area contributed by atoms with E-state index >= 15 is 0 Å². The van der Waals surface area contributed by atoms with Gasteiger partial charge in [-0.05, 0) is 42.0 Å². The molecule has 2 heterocycles. The Kier molecular flexibility index (Phi) is 5.32. The van der Waals surface area contributed by atoms with Crippen LogP contribution in [0.15, 0.2) is 54.7 Å². The maximum absolute atomic E-state index is 12.4. The maximum Gasteiger partial charge on any atom is 0.251 e. The van der Waals surface area contributed by atoms with Crippen molar-refractivity contribution in [3.63, 3.8) is 0 Å². The number of imidazole rings is 1. The highest BCUT2D eigenvalue weighted by molar-refractivity contribution is 6.30. The van der Waals surface area contributed by atoms with Crippen LogP contribution in [0.25, 0.3) is 11.3 Å². The van der Waals surface area contributed by atoms with Gasteiger partial charge < -0.3 is 19.4 Å². The second kappa shape index (κ2) is 8.04. The molecule has 7 heteroatoms. The van der Waals surface area contributed by atoms with E-state index in [1.165, 1.54) is 0 Å². The number of rotatable bonds is 5. The number of hydrogen-bond acceptors (Lipinski definition) is 4. The molecule has 0 spiro atoms. The van der Waals surface area contributed by atoms with Gasteiger partial charge in [-0.15, -0.1) is 0 Å². The monoisotopic (exact) mass is 397 g/mol. The average Bonchev–Trinajstić information content (AvgIpc) is 3.16. The molecule has 0 bridgehead atoms. The highest BCUT2D eigenvalue weighted by atomic mass is 35.5. The van der Waals surface area contributed by atoms with E-state index in [1.807, 2.05) is 30.5 Å². The van der Waals surface area contributed by atoms with Gasteiger partial charge in [0.25, 0.3) is 5.91 Å². The summed E-state index contributed by atoms with van der Waals surface area (Å²) < 4.78 is 13.1. The van der Waals surface area contributed by atoms with Gasteiger partial charge in [0, 0.05) is 17.1 Å². The van der Waals surface area contributed by atoms with Crippen molar-refractivity contribution in [3.8, 4) is 17.0 Å². The van der Waals surface area contributed by atoms with Gasteiger partial charge in [0.15, 0.2) is 0 Å². The lowest BCUT2D eigenvalue weighted by Crippen LogP contribution is -2.39. The van der Waals surface area contributed by atoms with E-state index in [9.17, 15) is 4.79 Å². The van der Waals surface area contributed by atoms with Crippen molar-refractivity contribution in [2.45, 2.75) is 19.3 Å². The second-order valence-electron chi connectivity index (χ2n) is 6.55. The summed E-state index contributed by atoms with van der Waals surface area (Å²) in [5, 5.41) is 3.64. The minimum atomic E-state index is -0.138. The smallest absolute Gasteiger partial charge is 0.251 e. The fourth-order valence-electron chi connectivity index (χ4n) is 3.21. The number of nitrogens with zero attached hydrogens (tertiary/aromatic N) is 2. The van der Waals surface area contributed by atoms with E-state index < -0.39 is 0 Å². The van der Waals surface area contributed by atoms with Crippen LogP contribution in [0.4, 0.5) is 0 Å². The number of carbonyl (C=O) groups excluding carboxylic acids is 1. The Hall–Kier alpha value is -2.83. The topological polar surface area (TPSA) is 65.4 Å². The van der Waals surface area contributed by atoms with E-state index in [0.717, 1.165) is 22.8 Å². The van der Waals surface area contributed by atoms with Crippen LogP contribution in [0.5, 0.6) is 5.75 Å². The molecule has 3 aromatic rings. The SMILES string of the molecule is COc1ccc(C(=O)NC[C@H]2Cn3c(-c4ccc(Cl)cc4)cnc3CO2)cc1. The van der Waals surface area contributed by atoms with Crippen molar-refractivity contribution in [1.29, 1.82) is 0 Å². The molecule has 0 unspecified atom stereocenters. The van der Waals surface area contributed by atoms with Gasteiger partial charge in [0.1, 0.15) is 18.2 Å². The molecule has 1 aromatic heterocycles. The Morgan fingerprint density at radius 2 is 2.00 bits per heavy atom. The molecule has 0 saturated heterocycles. The summed E-state index contributed by atoms with van der Waals surface area (Å²) in [5.74, 6) is 1.46. The third-order valence-electron chi connectivity index (χ3n) is 4.76. The Morgan fingerprint density at radius 1 is 1.25 bits per heavy atom. The normalized spacial score (nSPS) is 15.7. The molecular formula is C21H20ClN3O3. The number of ether oxygens (including phenoxy) is 2. The van der Waals surface area contributed by atoms with Crippen LogP contribution in [0.2, 0.25) is 5.02 Å². The summed E-state index contributed by atoms with van der Waals surface area (Å²) >= 11 is 5.99. The fraction of sp³-hybridized carbons (Fsp3) is 0.238. The van der Waals surface area contributed by atoms with Gasteiger partial charge in [0.2, 0.25) is 0 Å². The molecule has 0 fully saturated rings. The van der Waals surface area contributed by atoms with E-state index in [1.54, 1.807) is 31.4 Å². The first-order valence-corrected chi connectivity index (χ1v) is 9.36. The zero-order chi connectivity index (χ0) is 19.5. The third kappa shape index (κ3) is 3.88. The number of amides is 1. The summed E-state index contributed by atoms with van der Waals surface area (Å²) in [7, 11) is 1.60. The first kappa shape index (κ1) is 18.5. The predicted octanol–water partition coefficient (Wildman–Crippen LogP) is 3.54. The molecule has 6 nitrogen and oxygen atoms in total. The Bertz CT molecular complexity index is 968. The number of hydrogen-bond donors (Lipinski definition) is 1. The molecule has 0 saturated carbocycles. The quantitative estimate of drug-likeness (QED) is 0.715. The predicted molar refractivity (Wildman–Crippen MR) is 107 cm³/mol. The zero-order valence-corrected chi connectivity index (χ0v) is 16.1. The number of halogens is 1. The first-order valence-electron chi connectivity index (χ1n) is 8.98. The number of carbonyl (C=O) groups is 1. The standard InChI is InChI=1S/C21H20ClN3O3/c1-27-17-8-4-15(5-9-17)21(26)24-10-18-12-25-19(11-23-20(25)13-28-18)14-2-6-16(22)7-3-14/h2-9,11,18H,10,12-13H2,1H3,(H,24,26)/t18-/m0/s1. The molecule has 0 aliphatic carbocycles. The Morgan fingerprint density at radius 3 is 2.71 bits per heavy atom. The molecule has 4 rings (SSSR count). The van der Waals surface area contributed by atoms with Gasteiger partial charge in [-0.25, -0.2) is 4.98 Å². The molecule has 1 N–H and O–H groups in total. The summed E-state index contributed by atoms with van der Waals surface area (Å²) in [6.07, 6.45) is 1.72. The molecule has 1 aliphatic rings. The van der Waals surface area contributed by atoms with Crippen LogP contribution in [0.1, 0.15) is 16.2 Å². The summed E-state index contributed by atoms with van der Waals surface area (Å²) in [6.45, 7) is 1.45. The number of fused-ring (bicyclic) bond motifs is 1. The highest BCUT2D eigenvalue weighted by Gasteiger charge is 2.23. The summed E-state index contributed by atoms with van der Waals surface area (Å²) in [5.41, 5.74) is 2.65. The van der Waals surface area contributed by atoms with E-state index in [0.29, 0.717) is 30.3 Å². The molecule has 2 aromatic carbocycles. The van der Waals surface area contributed by atoms with Crippen LogP contribution in [0, 0.1) is 0 Å². The number of benzene rings is 2. The van der Waals surface area contributed by atoms with E-state index in [2.05, 4.69) is 14.9 Å². The third-order valence-corrected chi connectivity index (χ3v) is 5.01. The molecule has 1 atom stereocenters. The van der Waals surface area contributed by atoms with Gasteiger partial charge in [-0.3, -0.25) is 4.79 Å². The van der Waals surface area contributed by atoms with Crippen LogP contribution in [-0.2, 0) is 17.9 Å². The van der Waals surface area contributed by atoms with Gasteiger partial charge in [-0.2, -0.15) is 0 Å². The minimum absolute atomic E-state index is 0.130. The molecule has 0 radical (unpaired) electrons. The van der Waals surface area contributed by atoms with Gasteiger partial charge in [0.05, 0.1) is 31.6 Å². The van der Waals surface area contributed by atoms with Crippen LogP contribution in [0.3, 0.4) is 0 Å². The molecule has 144 valence electrons. The number of nitrogens with one attached hydrogen (secondary N) is 1. The van der Waals surface area contributed by atoms with E-state index in [4.69, 9.17) is 21.1 Å². The Balaban J connectivity index is 1.41. The lowest BCUT2D eigenvalue weighted by atomic mass is 10.1. The molecular weight excluding hydrogens is 378 g/mol. The highest BCUT2D eigenvalue weighted by Crippen LogP contribution is 2.26. The average molecular weight is 398 g/mol. The molecule has 1 aliphatic heterocycles. The lowest BCUT2D eigenvalue weighted by Gasteiger charge is -2.26. The first-order chi connectivity index (χ1) is 13.6. The van der Waals surface area contributed by atoms with E-state index in [-0.39, 0.29) is 12.0 Å². The van der Waals surface area contributed by atoms with Crippen molar-refractivity contribution in [2.75, 3.05) is 13.7 Å². The van der Waals surface area contributed by atoms with Crippen LogP contribution >= 0.6 is 11.6 Å². The zero-order valence-electron chi connectivity index (χ0n) is 15.4. The molecule has 1 amide bonds. The van der Waals surface area contributed by atoms with Crippen molar-refractivity contribution in [2.24, 2.45) is 0 Å². The largest absolute Gasteiger partial charge is 0.497 e. The fourth-order valence-corrected chi connectivity index (χ4v) is 3.33. The van der Waals surface area contributed by atoms with Gasteiger partial charge >= 0.3 is 0 Å². The number of aromatic nitrogens is 2. The van der Waals surface area contributed by atoms with Crippen LogP contribution in [-0.4, -0.2) is 35.2 Å². The Labute approximate surface area is 168 Å².